The van der Waals surface area contributed by atoms with E-state index in [1.54, 1.807) is 20.8 Å². The van der Waals surface area contributed by atoms with E-state index in [0.717, 1.165) is 10.6 Å². The average Bonchev–Trinajstić information content (AvgIpc) is 2.75. The molecule has 1 aliphatic heterocycles. The molecule has 20 heavy (non-hydrogen) atoms. The van der Waals surface area contributed by atoms with Crippen molar-refractivity contribution in [2.75, 3.05) is 6.54 Å². The number of carbonyl (C=O) groups is 2. The topological polar surface area (TPSA) is 89.2 Å². The first kappa shape index (κ1) is 14.4. The molecule has 6 nitrogen and oxygen atoms in total. The molecule has 1 aromatic rings. The van der Waals surface area contributed by atoms with Gasteiger partial charge in [0, 0.05) is 6.42 Å². The molecule has 0 bridgehead atoms. The van der Waals surface area contributed by atoms with E-state index in [0.29, 0.717) is 11.4 Å². The summed E-state index contributed by atoms with van der Waals surface area (Å²) in [6.07, 6.45) is -1.30. The third-order valence-electron chi connectivity index (χ3n) is 3.52. The number of nitrogens with two attached hydrogens (primary N) is 1. The maximum Gasteiger partial charge on any atom is 0.275 e. The Labute approximate surface area is 116 Å². The molecule has 108 valence electrons. The Hall–Kier alpha value is -2.05. The molecule has 2 atom stereocenters. The number of likely N-dealkylation sites (tertiary alicyclic amines) is 1. The molecule has 1 aliphatic rings. The fourth-order valence-electron chi connectivity index (χ4n) is 2.33. The predicted octanol–water partition coefficient (Wildman–Crippen LogP) is 0.440. The summed E-state index contributed by atoms with van der Waals surface area (Å²) in [5, 5.41) is 0. The van der Waals surface area contributed by atoms with Crippen molar-refractivity contribution < 1.29 is 14.0 Å². The quantitative estimate of drug-likeness (QED) is 0.851. The van der Waals surface area contributed by atoms with Crippen molar-refractivity contribution >= 4 is 11.8 Å². The Morgan fingerprint density at radius 3 is 2.40 bits per heavy atom. The number of hydrogen-bond acceptors (Lipinski definition) is 4. The lowest BCUT2D eigenvalue weighted by molar-refractivity contribution is -0.121. The zero-order valence-electron chi connectivity index (χ0n) is 11.7. The molecular weight excluding hydrogens is 263 g/mol. The Kier molecular flexibility index (Phi) is 3.69. The van der Waals surface area contributed by atoms with Gasteiger partial charge in [-0.2, -0.15) is 0 Å². The van der Waals surface area contributed by atoms with Crippen LogP contribution in [0.2, 0.25) is 0 Å². The molecule has 0 saturated carbocycles. The van der Waals surface area contributed by atoms with E-state index in [9.17, 15) is 14.0 Å². The molecule has 2 N–H and O–H groups in total. The molecule has 1 fully saturated rings. The van der Waals surface area contributed by atoms with Gasteiger partial charge in [-0.3, -0.25) is 14.6 Å². The van der Waals surface area contributed by atoms with Crippen LogP contribution >= 0.6 is 0 Å². The molecule has 2 amide bonds. The molecule has 0 aromatic carbocycles. The van der Waals surface area contributed by atoms with Crippen molar-refractivity contribution in [3.63, 3.8) is 0 Å². The highest BCUT2D eigenvalue weighted by Crippen LogP contribution is 2.23. The van der Waals surface area contributed by atoms with Crippen LogP contribution in [0, 0.1) is 20.8 Å². The summed E-state index contributed by atoms with van der Waals surface area (Å²) in [7, 11) is 0. The molecule has 2 heterocycles. The third kappa shape index (κ3) is 2.48. The fourth-order valence-corrected chi connectivity index (χ4v) is 2.33. The second kappa shape index (κ2) is 5.15. The van der Waals surface area contributed by atoms with Gasteiger partial charge < -0.3 is 10.6 Å². The van der Waals surface area contributed by atoms with E-state index in [1.165, 1.54) is 0 Å². The maximum atomic E-state index is 13.5. The number of aromatic nitrogens is 2. The highest BCUT2D eigenvalue weighted by Gasteiger charge is 2.40. The summed E-state index contributed by atoms with van der Waals surface area (Å²) in [4.78, 5) is 33.4. The zero-order valence-corrected chi connectivity index (χ0v) is 11.7. The Balaban J connectivity index is 2.36. The molecule has 2 rings (SSSR count). The summed E-state index contributed by atoms with van der Waals surface area (Å²) >= 11 is 0. The van der Waals surface area contributed by atoms with Gasteiger partial charge in [0.1, 0.15) is 17.9 Å². The van der Waals surface area contributed by atoms with Gasteiger partial charge in [0.25, 0.3) is 5.91 Å². The minimum Gasteiger partial charge on any atom is -0.368 e. The normalized spacial score (nSPS) is 22.1. The van der Waals surface area contributed by atoms with E-state index in [2.05, 4.69) is 9.97 Å². The van der Waals surface area contributed by atoms with Crippen LogP contribution in [0.3, 0.4) is 0 Å². The van der Waals surface area contributed by atoms with Crippen LogP contribution in [0.5, 0.6) is 0 Å². The molecule has 0 aliphatic carbocycles. The van der Waals surface area contributed by atoms with Gasteiger partial charge >= 0.3 is 0 Å². The number of amides is 2. The number of primary amides is 1. The van der Waals surface area contributed by atoms with Crippen molar-refractivity contribution in [1.29, 1.82) is 0 Å². The van der Waals surface area contributed by atoms with Gasteiger partial charge in [-0.05, 0) is 20.8 Å². The minimum absolute atomic E-state index is 0.0571. The number of alkyl halides is 1. The van der Waals surface area contributed by atoms with Crippen LogP contribution < -0.4 is 5.73 Å². The number of aryl methyl sites for hydroxylation is 3. The van der Waals surface area contributed by atoms with E-state index in [1.807, 2.05) is 0 Å². The lowest BCUT2D eigenvalue weighted by Gasteiger charge is -2.22. The first-order valence-corrected chi connectivity index (χ1v) is 6.37. The standard InChI is InChI=1S/C13H17FN4O2/c1-6-7(2)17-11(8(3)16-6)13(20)18-5-9(14)4-10(18)12(15)19/h9-10H,4-5H2,1-3H3,(H2,15,19)/t9-,10+/m1/s1. The molecular formula is C13H17FN4O2. The van der Waals surface area contributed by atoms with Crippen LogP contribution in [0.15, 0.2) is 0 Å². The van der Waals surface area contributed by atoms with E-state index in [4.69, 9.17) is 5.73 Å². The largest absolute Gasteiger partial charge is 0.368 e. The smallest absolute Gasteiger partial charge is 0.275 e. The van der Waals surface area contributed by atoms with Gasteiger partial charge in [-0.15, -0.1) is 0 Å². The molecule has 1 aromatic heterocycles. The van der Waals surface area contributed by atoms with Crippen LogP contribution in [-0.4, -0.2) is 45.4 Å². The highest BCUT2D eigenvalue weighted by atomic mass is 19.1. The van der Waals surface area contributed by atoms with Crippen LogP contribution in [-0.2, 0) is 4.79 Å². The lowest BCUT2D eigenvalue weighted by Crippen LogP contribution is -2.44. The lowest BCUT2D eigenvalue weighted by atomic mass is 10.2. The fraction of sp³-hybridized carbons (Fsp3) is 0.538. The molecule has 1 saturated heterocycles. The van der Waals surface area contributed by atoms with Crippen molar-refractivity contribution in [2.45, 2.75) is 39.4 Å². The second-order valence-electron chi connectivity index (χ2n) is 5.04. The van der Waals surface area contributed by atoms with Gasteiger partial charge in [0.15, 0.2) is 0 Å². The Bertz CT molecular complexity index is 576. The number of nitrogens with zero attached hydrogens (tertiary/aromatic N) is 3. The molecule has 0 unspecified atom stereocenters. The number of rotatable bonds is 2. The zero-order chi connectivity index (χ0) is 15.0. The summed E-state index contributed by atoms with van der Waals surface area (Å²) in [6, 6.07) is -0.916. The van der Waals surface area contributed by atoms with Crippen molar-refractivity contribution in [3.05, 3.63) is 22.8 Å². The molecule has 7 heteroatoms. The van der Waals surface area contributed by atoms with Gasteiger partial charge in [0.2, 0.25) is 5.91 Å². The monoisotopic (exact) mass is 280 g/mol. The molecule has 0 spiro atoms. The average molecular weight is 280 g/mol. The summed E-state index contributed by atoms with van der Waals surface area (Å²) in [5.41, 5.74) is 7.19. The van der Waals surface area contributed by atoms with E-state index >= 15 is 0 Å². The van der Waals surface area contributed by atoms with Crippen LogP contribution in [0.1, 0.15) is 34.0 Å². The van der Waals surface area contributed by atoms with Crippen LogP contribution in [0.4, 0.5) is 4.39 Å². The van der Waals surface area contributed by atoms with E-state index in [-0.39, 0.29) is 18.7 Å². The van der Waals surface area contributed by atoms with Crippen molar-refractivity contribution in [2.24, 2.45) is 5.73 Å². The van der Waals surface area contributed by atoms with Gasteiger partial charge in [-0.25, -0.2) is 9.37 Å². The second-order valence-corrected chi connectivity index (χ2v) is 5.04. The Morgan fingerprint density at radius 1 is 1.20 bits per heavy atom. The van der Waals surface area contributed by atoms with Crippen LogP contribution in [0.25, 0.3) is 0 Å². The van der Waals surface area contributed by atoms with Crippen molar-refractivity contribution in [3.8, 4) is 0 Å². The van der Waals surface area contributed by atoms with Crippen molar-refractivity contribution in [1.82, 2.24) is 14.9 Å². The van der Waals surface area contributed by atoms with Gasteiger partial charge in [-0.1, -0.05) is 0 Å². The first-order valence-electron chi connectivity index (χ1n) is 6.37. The summed E-state index contributed by atoms with van der Waals surface area (Å²) in [6.45, 7) is 5.06. The minimum atomic E-state index is -1.24. The molecule has 0 radical (unpaired) electrons. The van der Waals surface area contributed by atoms with Gasteiger partial charge in [0.05, 0.1) is 23.6 Å². The first-order chi connectivity index (χ1) is 9.31. The number of carbonyl (C=O) groups excluding carboxylic acids is 2. The SMILES string of the molecule is Cc1nc(C)c(C(=O)N2C[C@H](F)C[C@H]2C(N)=O)nc1C. The summed E-state index contributed by atoms with van der Waals surface area (Å²) in [5.74, 6) is -1.20. The predicted molar refractivity (Wildman–Crippen MR) is 69.8 cm³/mol. The summed E-state index contributed by atoms with van der Waals surface area (Å²) < 4.78 is 13.5. The Morgan fingerprint density at radius 2 is 1.80 bits per heavy atom. The number of hydrogen-bond donors (Lipinski definition) is 1. The third-order valence-corrected chi connectivity index (χ3v) is 3.52. The number of halogens is 1. The van der Waals surface area contributed by atoms with E-state index < -0.39 is 24.0 Å². The maximum absolute atomic E-state index is 13.5. The highest BCUT2D eigenvalue weighted by molar-refractivity contribution is 5.97.